The van der Waals surface area contributed by atoms with Crippen molar-refractivity contribution in [3.8, 4) is 0 Å². The third-order valence-electron chi connectivity index (χ3n) is 5.17. The quantitative estimate of drug-likeness (QED) is 0.737. The lowest BCUT2D eigenvalue weighted by Crippen LogP contribution is -2.38. The number of fused-ring (bicyclic) bond motifs is 1. The summed E-state index contributed by atoms with van der Waals surface area (Å²) in [5.74, 6) is 0.692. The van der Waals surface area contributed by atoms with E-state index in [0.717, 1.165) is 37.0 Å². The lowest BCUT2D eigenvalue weighted by Gasteiger charge is -2.27. The van der Waals surface area contributed by atoms with Crippen LogP contribution < -0.4 is 5.32 Å². The van der Waals surface area contributed by atoms with Crippen LogP contribution in [-0.4, -0.2) is 39.4 Å². The Bertz CT molecular complexity index is 971. The van der Waals surface area contributed by atoms with E-state index < -0.39 is 0 Å². The molecule has 1 aliphatic heterocycles. The summed E-state index contributed by atoms with van der Waals surface area (Å²) in [4.78, 5) is 31.9. The van der Waals surface area contributed by atoms with E-state index in [9.17, 15) is 9.59 Å². The van der Waals surface area contributed by atoms with Gasteiger partial charge >= 0.3 is 0 Å². The second-order valence-corrected chi connectivity index (χ2v) is 7.16. The Hall–Kier alpha value is -3.09. The lowest BCUT2D eigenvalue weighted by atomic mass is 10.1. The molecule has 0 bridgehead atoms. The molecule has 0 radical (unpaired) electrons. The summed E-state index contributed by atoms with van der Waals surface area (Å²) < 4.78 is 7.08. The fraction of sp³-hybridized carbons (Fsp3) is 0.381. The Balaban J connectivity index is 1.61. The topological polar surface area (TPSA) is 80.4 Å². The summed E-state index contributed by atoms with van der Waals surface area (Å²) in [7, 11) is 0. The number of carbonyl (C=O) groups excluding carboxylic acids is 2. The fourth-order valence-electron chi connectivity index (χ4n) is 3.71. The molecule has 7 heteroatoms. The van der Waals surface area contributed by atoms with Gasteiger partial charge in [-0.1, -0.05) is 12.1 Å². The molecule has 7 nitrogen and oxygen atoms in total. The van der Waals surface area contributed by atoms with Gasteiger partial charge in [-0.05, 0) is 50.5 Å². The van der Waals surface area contributed by atoms with Crippen molar-refractivity contribution in [2.24, 2.45) is 0 Å². The predicted octanol–water partition coefficient (Wildman–Crippen LogP) is 3.13. The molecule has 1 aliphatic rings. The maximum Gasteiger partial charge on any atom is 0.287 e. The second kappa shape index (κ2) is 7.88. The molecule has 4 rings (SSSR count). The van der Waals surface area contributed by atoms with Crippen LogP contribution in [0.5, 0.6) is 0 Å². The van der Waals surface area contributed by atoms with Gasteiger partial charge in [-0.15, -0.1) is 0 Å². The monoisotopic (exact) mass is 380 g/mol. The molecule has 3 heterocycles. The van der Waals surface area contributed by atoms with Gasteiger partial charge in [0.1, 0.15) is 12.4 Å². The van der Waals surface area contributed by atoms with Crippen LogP contribution >= 0.6 is 0 Å². The van der Waals surface area contributed by atoms with E-state index in [2.05, 4.69) is 5.32 Å². The number of hydrogen-bond acceptors (Lipinski definition) is 4. The molecular formula is C21H24N4O3. The lowest BCUT2D eigenvalue weighted by molar-refractivity contribution is -0.132. The molecule has 1 fully saturated rings. The van der Waals surface area contributed by atoms with Crippen molar-refractivity contribution in [3.05, 3.63) is 54.2 Å². The number of benzene rings is 1. The van der Waals surface area contributed by atoms with Gasteiger partial charge in [-0.3, -0.25) is 9.59 Å². The maximum atomic E-state index is 12.9. The highest BCUT2D eigenvalue weighted by molar-refractivity contribution is 5.91. The van der Waals surface area contributed by atoms with Crippen LogP contribution in [0.3, 0.4) is 0 Å². The molecule has 0 saturated carbocycles. The van der Waals surface area contributed by atoms with Crippen molar-refractivity contribution < 1.29 is 14.0 Å². The summed E-state index contributed by atoms with van der Waals surface area (Å²) in [6, 6.07) is 10.6. The van der Waals surface area contributed by atoms with Crippen LogP contribution in [0.25, 0.3) is 11.0 Å². The number of likely N-dealkylation sites (tertiary alicyclic amines) is 1. The van der Waals surface area contributed by atoms with E-state index >= 15 is 0 Å². The number of piperidine rings is 1. The minimum absolute atomic E-state index is 0.0914. The SMILES string of the molecule is C[C@@H](NC(=O)c1ccco1)c1nc2ccccc2n1CC(=O)N1CCCCC1. The summed E-state index contributed by atoms with van der Waals surface area (Å²) in [5.41, 5.74) is 1.70. The van der Waals surface area contributed by atoms with Crippen LogP contribution in [0.1, 0.15) is 48.6 Å². The van der Waals surface area contributed by atoms with Gasteiger partial charge in [0.05, 0.1) is 23.3 Å². The molecule has 1 aromatic carbocycles. The van der Waals surface area contributed by atoms with Crippen molar-refractivity contribution in [1.82, 2.24) is 19.8 Å². The maximum absolute atomic E-state index is 12.9. The number of carbonyl (C=O) groups is 2. The fourth-order valence-corrected chi connectivity index (χ4v) is 3.71. The Morgan fingerprint density at radius 3 is 2.68 bits per heavy atom. The van der Waals surface area contributed by atoms with Gasteiger partial charge in [0.2, 0.25) is 5.91 Å². The molecule has 1 N–H and O–H groups in total. The highest BCUT2D eigenvalue weighted by atomic mass is 16.3. The average Bonchev–Trinajstić information content (AvgIpc) is 3.37. The average molecular weight is 380 g/mol. The third-order valence-corrected chi connectivity index (χ3v) is 5.17. The predicted molar refractivity (Wildman–Crippen MR) is 105 cm³/mol. The molecular weight excluding hydrogens is 356 g/mol. The van der Waals surface area contributed by atoms with Crippen molar-refractivity contribution >= 4 is 22.8 Å². The Morgan fingerprint density at radius 1 is 1.14 bits per heavy atom. The van der Waals surface area contributed by atoms with Crippen LogP contribution in [0, 0.1) is 0 Å². The number of hydrogen-bond donors (Lipinski definition) is 1. The number of aromatic nitrogens is 2. The van der Waals surface area contributed by atoms with Crippen molar-refractivity contribution in [1.29, 1.82) is 0 Å². The number of furan rings is 1. The van der Waals surface area contributed by atoms with Crippen LogP contribution in [0.2, 0.25) is 0 Å². The molecule has 2 aromatic heterocycles. The number of rotatable bonds is 5. The van der Waals surface area contributed by atoms with Gasteiger partial charge in [-0.25, -0.2) is 4.98 Å². The number of para-hydroxylation sites is 2. The standard InChI is InChI=1S/C21H24N4O3/c1-15(22-21(27)18-10-7-13-28-18)20-23-16-8-3-4-9-17(16)25(20)14-19(26)24-11-5-2-6-12-24/h3-4,7-10,13,15H,2,5-6,11-12,14H2,1H3,(H,22,27)/t15-/m1/s1. The highest BCUT2D eigenvalue weighted by Crippen LogP contribution is 2.22. The zero-order valence-corrected chi connectivity index (χ0v) is 15.9. The molecule has 3 aromatic rings. The number of imidazole rings is 1. The Labute approximate surface area is 163 Å². The minimum atomic E-state index is -0.376. The zero-order valence-electron chi connectivity index (χ0n) is 15.9. The highest BCUT2D eigenvalue weighted by Gasteiger charge is 2.23. The van der Waals surface area contributed by atoms with Gasteiger partial charge in [0, 0.05) is 13.1 Å². The van der Waals surface area contributed by atoms with Gasteiger partial charge in [-0.2, -0.15) is 0 Å². The Morgan fingerprint density at radius 2 is 1.93 bits per heavy atom. The summed E-state index contributed by atoms with van der Waals surface area (Å²) in [6.45, 7) is 3.71. The first-order chi connectivity index (χ1) is 13.6. The van der Waals surface area contributed by atoms with Crippen LogP contribution in [0.15, 0.2) is 47.1 Å². The number of amides is 2. The largest absolute Gasteiger partial charge is 0.459 e. The third kappa shape index (κ3) is 3.65. The van der Waals surface area contributed by atoms with Gasteiger partial charge in [0.25, 0.3) is 5.91 Å². The molecule has 0 spiro atoms. The minimum Gasteiger partial charge on any atom is -0.459 e. The second-order valence-electron chi connectivity index (χ2n) is 7.16. The number of nitrogens with zero attached hydrogens (tertiary/aromatic N) is 3. The molecule has 1 saturated heterocycles. The Kier molecular flexibility index (Phi) is 5.14. The first-order valence-corrected chi connectivity index (χ1v) is 9.71. The van der Waals surface area contributed by atoms with E-state index in [-0.39, 0.29) is 30.2 Å². The van der Waals surface area contributed by atoms with E-state index in [0.29, 0.717) is 5.82 Å². The molecule has 28 heavy (non-hydrogen) atoms. The van der Waals surface area contributed by atoms with Crippen LogP contribution in [-0.2, 0) is 11.3 Å². The summed E-state index contributed by atoms with van der Waals surface area (Å²) in [5, 5.41) is 2.91. The molecule has 0 unspecified atom stereocenters. The van der Waals surface area contributed by atoms with E-state index in [1.807, 2.05) is 40.7 Å². The summed E-state index contributed by atoms with van der Waals surface area (Å²) >= 11 is 0. The summed E-state index contributed by atoms with van der Waals surface area (Å²) in [6.07, 6.45) is 4.75. The normalized spacial score (nSPS) is 15.5. The molecule has 0 aliphatic carbocycles. The zero-order chi connectivity index (χ0) is 19.5. The molecule has 146 valence electrons. The van der Waals surface area contributed by atoms with Crippen molar-refractivity contribution in [2.45, 2.75) is 38.8 Å². The smallest absolute Gasteiger partial charge is 0.287 e. The van der Waals surface area contributed by atoms with E-state index in [4.69, 9.17) is 9.40 Å². The first kappa shape index (κ1) is 18.3. The van der Waals surface area contributed by atoms with E-state index in [1.165, 1.54) is 12.7 Å². The van der Waals surface area contributed by atoms with E-state index in [1.54, 1.807) is 12.1 Å². The molecule has 1 atom stereocenters. The van der Waals surface area contributed by atoms with Crippen molar-refractivity contribution in [3.63, 3.8) is 0 Å². The van der Waals surface area contributed by atoms with Crippen LogP contribution in [0.4, 0.5) is 0 Å². The first-order valence-electron chi connectivity index (χ1n) is 9.71. The number of nitrogens with one attached hydrogen (secondary N) is 1. The molecule has 2 amide bonds. The van der Waals surface area contributed by atoms with Crippen molar-refractivity contribution in [2.75, 3.05) is 13.1 Å². The van der Waals surface area contributed by atoms with Gasteiger partial charge in [0.15, 0.2) is 5.76 Å². The van der Waals surface area contributed by atoms with Gasteiger partial charge < -0.3 is 19.2 Å².